The van der Waals surface area contributed by atoms with Crippen LogP contribution in [0.15, 0.2) is 53.4 Å². The Kier molecular flexibility index (Phi) is 4.51. The molecule has 4 N–H and O–H groups in total. The fraction of sp³-hybridized carbons (Fsp3) is 0. The van der Waals surface area contributed by atoms with Crippen LogP contribution in [0.3, 0.4) is 0 Å². The van der Waals surface area contributed by atoms with Gasteiger partial charge in [0.2, 0.25) is 10.0 Å². The average Bonchev–Trinajstić information content (AvgIpc) is 2.38. The van der Waals surface area contributed by atoms with Crippen molar-refractivity contribution in [1.29, 1.82) is 0 Å². The second-order valence-electron chi connectivity index (χ2n) is 4.16. The third-order valence-corrected chi connectivity index (χ3v) is 3.66. The minimum absolute atomic E-state index is 0.0112. The van der Waals surface area contributed by atoms with Gasteiger partial charge in [-0.3, -0.25) is 0 Å². The highest BCUT2D eigenvalue weighted by molar-refractivity contribution is 7.89. The van der Waals surface area contributed by atoms with Gasteiger partial charge in [0.1, 0.15) is 5.82 Å². The summed E-state index contributed by atoms with van der Waals surface area (Å²) in [6.45, 7) is 0. The summed E-state index contributed by atoms with van der Waals surface area (Å²) in [6, 6.07) is 11.6. The summed E-state index contributed by atoms with van der Waals surface area (Å²) in [7, 11) is -3.72. The standard InChI is InChI=1S/C13H12FN3O2S2/c14-9-2-1-3-11(8-9)17-13(20)16-10-4-6-12(7-5-10)21(15,18)19/h1-8H,(H2,15,18,19)(H2,16,17,20). The molecule has 0 saturated heterocycles. The number of thiocarbonyl (C=S) groups is 1. The lowest BCUT2D eigenvalue weighted by Crippen LogP contribution is -2.19. The summed E-state index contributed by atoms with van der Waals surface area (Å²) in [4.78, 5) is 0.0112. The highest BCUT2D eigenvalue weighted by atomic mass is 32.2. The number of rotatable bonds is 3. The van der Waals surface area contributed by atoms with Gasteiger partial charge in [-0.05, 0) is 54.7 Å². The second kappa shape index (κ2) is 6.17. The summed E-state index contributed by atoms with van der Waals surface area (Å²) >= 11 is 5.08. The van der Waals surface area contributed by atoms with E-state index in [0.29, 0.717) is 11.4 Å². The van der Waals surface area contributed by atoms with Gasteiger partial charge in [-0.15, -0.1) is 0 Å². The predicted octanol–water partition coefficient (Wildman–Crippen LogP) is 2.28. The Labute approximate surface area is 127 Å². The molecule has 5 nitrogen and oxygen atoms in total. The summed E-state index contributed by atoms with van der Waals surface area (Å²) in [6.07, 6.45) is 0. The fourth-order valence-corrected chi connectivity index (χ4v) is 2.34. The number of primary sulfonamides is 1. The minimum atomic E-state index is -3.72. The van der Waals surface area contributed by atoms with Crippen molar-refractivity contribution >= 4 is 38.7 Å². The average molecular weight is 325 g/mol. The highest BCUT2D eigenvalue weighted by Crippen LogP contribution is 2.14. The number of hydrogen-bond donors (Lipinski definition) is 3. The second-order valence-corrected chi connectivity index (χ2v) is 6.13. The van der Waals surface area contributed by atoms with Gasteiger partial charge in [0.05, 0.1) is 4.90 Å². The molecule has 21 heavy (non-hydrogen) atoms. The number of benzene rings is 2. The van der Waals surface area contributed by atoms with Crippen LogP contribution in [0.25, 0.3) is 0 Å². The molecule has 110 valence electrons. The van der Waals surface area contributed by atoms with Gasteiger partial charge in [0.15, 0.2) is 5.11 Å². The number of nitrogens with one attached hydrogen (secondary N) is 2. The van der Waals surface area contributed by atoms with Crippen LogP contribution < -0.4 is 15.8 Å². The van der Waals surface area contributed by atoms with Gasteiger partial charge in [-0.25, -0.2) is 17.9 Å². The summed E-state index contributed by atoms with van der Waals surface area (Å²) in [5.41, 5.74) is 1.09. The van der Waals surface area contributed by atoms with Gasteiger partial charge < -0.3 is 10.6 Å². The van der Waals surface area contributed by atoms with Crippen LogP contribution in [0.1, 0.15) is 0 Å². The van der Waals surface area contributed by atoms with Crippen molar-refractivity contribution in [2.45, 2.75) is 4.90 Å². The molecule has 2 aromatic rings. The van der Waals surface area contributed by atoms with Crippen molar-refractivity contribution in [1.82, 2.24) is 0 Å². The van der Waals surface area contributed by atoms with Crippen molar-refractivity contribution in [2.75, 3.05) is 10.6 Å². The Hall–Kier alpha value is -2.03. The third-order valence-electron chi connectivity index (χ3n) is 2.52. The van der Waals surface area contributed by atoms with Crippen molar-refractivity contribution in [3.8, 4) is 0 Å². The quantitative estimate of drug-likeness (QED) is 0.754. The number of anilines is 2. The maximum absolute atomic E-state index is 13.0. The molecule has 0 atom stereocenters. The van der Waals surface area contributed by atoms with E-state index in [-0.39, 0.29) is 15.8 Å². The predicted molar refractivity (Wildman–Crippen MR) is 84.1 cm³/mol. The lowest BCUT2D eigenvalue weighted by Gasteiger charge is -2.10. The fourth-order valence-electron chi connectivity index (χ4n) is 1.59. The van der Waals surface area contributed by atoms with Crippen LogP contribution in [-0.2, 0) is 10.0 Å². The molecule has 0 aliphatic rings. The van der Waals surface area contributed by atoms with Gasteiger partial charge in [0, 0.05) is 11.4 Å². The molecule has 0 spiro atoms. The van der Waals surface area contributed by atoms with Gasteiger partial charge in [0.25, 0.3) is 0 Å². The molecule has 0 aliphatic carbocycles. The van der Waals surface area contributed by atoms with E-state index in [2.05, 4.69) is 10.6 Å². The topological polar surface area (TPSA) is 84.2 Å². The molecule has 0 aliphatic heterocycles. The van der Waals surface area contributed by atoms with Crippen molar-refractivity contribution in [3.63, 3.8) is 0 Å². The zero-order chi connectivity index (χ0) is 15.5. The SMILES string of the molecule is NS(=O)(=O)c1ccc(NC(=S)Nc2cccc(F)c2)cc1. The Morgan fingerprint density at radius 2 is 1.67 bits per heavy atom. The van der Waals surface area contributed by atoms with Crippen LogP contribution >= 0.6 is 12.2 Å². The lowest BCUT2D eigenvalue weighted by atomic mass is 10.3. The van der Waals surface area contributed by atoms with E-state index in [1.165, 1.54) is 36.4 Å². The molecular weight excluding hydrogens is 313 g/mol. The minimum Gasteiger partial charge on any atom is -0.332 e. The Bertz CT molecular complexity index is 761. The number of hydrogen-bond acceptors (Lipinski definition) is 3. The van der Waals surface area contributed by atoms with E-state index < -0.39 is 10.0 Å². The van der Waals surface area contributed by atoms with Gasteiger partial charge in [-0.1, -0.05) is 6.07 Å². The van der Waals surface area contributed by atoms with Crippen molar-refractivity contribution in [3.05, 3.63) is 54.3 Å². The summed E-state index contributed by atoms with van der Waals surface area (Å²) in [5, 5.41) is 10.9. The van der Waals surface area contributed by atoms with Crippen molar-refractivity contribution < 1.29 is 12.8 Å². The number of nitrogens with two attached hydrogens (primary N) is 1. The molecular formula is C13H12FN3O2S2. The van der Waals surface area contributed by atoms with E-state index >= 15 is 0 Å². The smallest absolute Gasteiger partial charge is 0.238 e. The summed E-state index contributed by atoms with van der Waals surface area (Å²) in [5.74, 6) is -0.375. The Balaban J connectivity index is 2.03. The molecule has 0 heterocycles. The number of halogens is 1. The van der Waals surface area contributed by atoms with Gasteiger partial charge in [-0.2, -0.15) is 0 Å². The first-order chi connectivity index (χ1) is 9.84. The zero-order valence-electron chi connectivity index (χ0n) is 10.7. The first kappa shape index (κ1) is 15.4. The monoisotopic (exact) mass is 325 g/mol. The molecule has 0 unspecified atom stereocenters. The normalized spacial score (nSPS) is 11.0. The van der Waals surface area contributed by atoms with Crippen LogP contribution in [-0.4, -0.2) is 13.5 Å². The maximum atomic E-state index is 13.0. The number of sulfonamides is 1. The molecule has 0 radical (unpaired) electrons. The molecule has 0 fully saturated rings. The van der Waals surface area contributed by atoms with E-state index in [9.17, 15) is 12.8 Å². The molecule has 2 aromatic carbocycles. The molecule has 2 rings (SSSR count). The zero-order valence-corrected chi connectivity index (χ0v) is 12.3. The molecule has 0 bridgehead atoms. The maximum Gasteiger partial charge on any atom is 0.238 e. The van der Waals surface area contributed by atoms with Crippen LogP contribution in [0.5, 0.6) is 0 Å². The van der Waals surface area contributed by atoms with E-state index in [1.807, 2.05) is 0 Å². The van der Waals surface area contributed by atoms with Crippen LogP contribution in [0.2, 0.25) is 0 Å². The molecule has 8 heteroatoms. The lowest BCUT2D eigenvalue weighted by molar-refractivity contribution is 0.598. The third kappa shape index (κ3) is 4.48. The van der Waals surface area contributed by atoms with Crippen LogP contribution in [0, 0.1) is 5.82 Å². The van der Waals surface area contributed by atoms with Crippen molar-refractivity contribution in [2.24, 2.45) is 5.14 Å². The Morgan fingerprint density at radius 3 is 2.24 bits per heavy atom. The van der Waals surface area contributed by atoms with E-state index in [0.717, 1.165) is 0 Å². The van der Waals surface area contributed by atoms with Crippen LogP contribution in [0.4, 0.5) is 15.8 Å². The molecule has 0 aromatic heterocycles. The largest absolute Gasteiger partial charge is 0.332 e. The van der Waals surface area contributed by atoms with Gasteiger partial charge >= 0.3 is 0 Å². The molecule has 0 amide bonds. The van der Waals surface area contributed by atoms with E-state index in [1.54, 1.807) is 12.1 Å². The Morgan fingerprint density at radius 1 is 1.05 bits per heavy atom. The first-order valence-corrected chi connectivity index (χ1v) is 7.76. The summed E-state index contributed by atoms with van der Waals surface area (Å²) < 4.78 is 35.3. The first-order valence-electron chi connectivity index (χ1n) is 5.81. The highest BCUT2D eigenvalue weighted by Gasteiger charge is 2.07. The van der Waals surface area contributed by atoms with E-state index in [4.69, 9.17) is 17.4 Å². The molecule has 0 saturated carbocycles.